The molecule has 2 aliphatic heterocycles. The van der Waals surface area contributed by atoms with Gasteiger partial charge in [-0.05, 0) is 62.3 Å². The van der Waals surface area contributed by atoms with Crippen molar-refractivity contribution in [2.75, 3.05) is 36.0 Å². The third kappa shape index (κ3) is 5.67. The van der Waals surface area contributed by atoms with Crippen LogP contribution >= 0.6 is 0 Å². The summed E-state index contributed by atoms with van der Waals surface area (Å²) in [6.45, 7) is 5.06. The van der Waals surface area contributed by atoms with Crippen LogP contribution in [0.15, 0.2) is 36.7 Å². The second-order valence-corrected chi connectivity index (χ2v) is 7.34. The number of nitrogens with two attached hydrogens (primary N) is 1. The van der Waals surface area contributed by atoms with Crippen molar-refractivity contribution in [3.8, 4) is 6.07 Å². The first-order valence-corrected chi connectivity index (χ1v) is 10.3. The minimum Gasteiger partial charge on any atom is -0.357 e. The molecule has 6 nitrogen and oxygen atoms in total. The molecule has 0 saturated carbocycles. The summed E-state index contributed by atoms with van der Waals surface area (Å²) in [5.41, 5.74) is 7.26. The lowest BCUT2D eigenvalue weighted by molar-refractivity contribution is 0.573. The SMILES string of the molecule is N#Cc1ccc(N2CCCCC2)nc1.NCc1ccc(N2CCCCC2)nc1. The molecule has 0 radical (unpaired) electrons. The van der Waals surface area contributed by atoms with Crippen molar-refractivity contribution < 1.29 is 0 Å². The van der Waals surface area contributed by atoms with E-state index in [0.717, 1.165) is 43.4 Å². The fourth-order valence-electron chi connectivity index (χ4n) is 3.61. The zero-order chi connectivity index (χ0) is 19.6. The summed E-state index contributed by atoms with van der Waals surface area (Å²) in [6.07, 6.45) is 11.3. The smallest absolute Gasteiger partial charge is 0.128 e. The lowest BCUT2D eigenvalue weighted by Crippen LogP contribution is -2.30. The molecule has 4 rings (SSSR count). The lowest BCUT2D eigenvalue weighted by atomic mass is 10.1. The summed E-state index contributed by atoms with van der Waals surface area (Å²) in [5.74, 6) is 2.10. The van der Waals surface area contributed by atoms with Gasteiger partial charge in [0, 0.05) is 45.1 Å². The number of rotatable bonds is 3. The second kappa shape index (κ2) is 10.6. The van der Waals surface area contributed by atoms with E-state index < -0.39 is 0 Å². The molecule has 2 saturated heterocycles. The van der Waals surface area contributed by atoms with Crippen LogP contribution in [0.1, 0.15) is 49.7 Å². The first kappa shape index (κ1) is 20.1. The number of hydrogen-bond donors (Lipinski definition) is 1. The number of hydrogen-bond acceptors (Lipinski definition) is 6. The number of nitrogens with zero attached hydrogens (tertiary/aromatic N) is 5. The Morgan fingerprint density at radius 1 is 0.786 bits per heavy atom. The van der Waals surface area contributed by atoms with Gasteiger partial charge in [-0.1, -0.05) is 6.07 Å². The molecule has 0 unspecified atom stereocenters. The highest BCUT2D eigenvalue weighted by atomic mass is 15.2. The van der Waals surface area contributed by atoms with Gasteiger partial charge >= 0.3 is 0 Å². The topological polar surface area (TPSA) is 82.1 Å². The molecule has 2 N–H and O–H groups in total. The third-order valence-corrected chi connectivity index (χ3v) is 5.28. The van der Waals surface area contributed by atoms with Crippen LogP contribution < -0.4 is 15.5 Å². The summed E-state index contributed by atoms with van der Waals surface area (Å²) in [7, 11) is 0. The maximum atomic E-state index is 8.64. The van der Waals surface area contributed by atoms with E-state index in [2.05, 4.69) is 38.0 Å². The molecule has 148 valence electrons. The molecule has 6 heteroatoms. The van der Waals surface area contributed by atoms with Crippen molar-refractivity contribution in [2.45, 2.75) is 45.1 Å². The van der Waals surface area contributed by atoms with Gasteiger partial charge in [0.1, 0.15) is 17.7 Å². The van der Waals surface area contributed by atoms with E-state index in [-0.39, 0.29) is 0 Å². The Hall–Kier alpha value is -2.65. The summed E-state index contributed by atoms with van der Waals surface area (Å²) < 4.78 is 0. The fraction of sp³-hybridized carbons (Fsp3) is 0.500. The number of piperidine rings is 2. The average molecular weight is 379 g/mol. The first-order chi connectivity index (χ1) is 13.8. The summed E-state index contributed by atoms with van der Waals surface area (Å²) in [4.78, 5) is 13.3. The minimum absolute atomic E-state index is 0.577. The average Bonchev–Trinajstić information content (AvgIpc) is 2.81. The highest BCUT2D eigenvalue weighted by molar-refractivity contribution is 5.42. The molecular weight excluding hydrogens is 348 g/mol. The normalized spacial score (nSPS) is 16.7. The Kier molecular flexibility index (Phi) is 7.62. The number of nitriles is 1. The van der Waals surface area contributed by atoms with Gasteiger partial charge in [0.15, 0.2) is 0 Å². The van der Waals surface area contributed by atoms with Gasteiger partial charge in [-0.25, -0.2) is 9.97 Å². The van der Waals surface area contributed by atoms with E-state index in [9.17, 15) is 0 Å². The first-order valence-electron chi connectivity index (χ1n) is 10.3. The van der Waals surface area contributed by atoms with Gasteiger partial charge in [0.2, 0.25) is 0 Å². The van der Waals surface area contributed by atoms with Crippen LogP contribution in [0.4, 0.5) is 11.6 Å². The fourth-order valence-corrected chi connectivity index (χ4v) is 3.61. The van der Waals surface area contributed by atoms with Gasteiger partial charge < -0.3 is 15.5 Å². The lowest BCUT2D eigenvalue weighted by Gasteiger charge is -2.27. The van der Waals surface area contributed by atoms with E-state index in [1.165, 1.54) is 38.5 Å². The second-order valence-electron chi connectivity index (χ2n) is 7.34. The molecule has 0 aliphatic carbocycles. The zero-order valence-corrected chi connectivity index (χ0v) is 16.6. The minimum atomic E-state index is 0.577. The Morgan fingerprint density at radius 2 is 1.32 bits per heavy atom. The monoisotopic (exact) mass is 378 g/mol. The molecule has 28 heavy (non-hydrogen) atoms. The summed E-state index contributed by atoms with van der Waals surface area (Å²) >= 11 is 0. The molecule has 2 fully saturated rings. The van der Waals surface area contributed by atoms with Gasteiger partial charge in [0.25, 0.3) is 0 Å². The number of anilines is 2. The Morgan fingerprint density at radius 3 is 1.71 bits per heavy atom. The molecule has 2 aromatic heterocycles. The molecular formula is C22H30N6. The maximum absolute atomic E-state index is 8.64. The van der Waals surface area contributed by atoms with Crippen molar-refractivity contribution in [3.05, 3.63) is 47.8 Å². The quantitative estimate of drug-likeness (QED) is 0.880. The van der Waals surface area contributed by atoms with E-state index in [4.69, 9.17) is 11.0 Å². The van der Waals surface area contributed by atoms with E-state index >= 15 is 0 Å². The van der Waals surface area contributed by atoms with Gasteiger partial charge in [-0.2, -0.15) is 5.26 Å². The Bertz CT molecular complexity index is 738. The Balaban J connectivity index is 0.000000161. The van der Waals surface area contributed by atoms with Crippen molar-refractivity contribution in [2.24, 2.45) is 5.73 Å². The molecule has 2 aliphatic rings. The maximum Gasteiger partial charge on any atom is 0.128 e. The molecule has 0 spiro atoms. The third-order valence-electron chi connectivity index (χ3n) is 5.28. The zero-order valence-electron chi connectivity index (χ0n) is 16.6. The predicted molar refractivity (Wildman–Crippen MR) is 113 cm³/mol. The molecule has 0 amide bonds. The van der Waals surface area contributed by atoms with Crippen molar-refractivity contribution in [1.29, 1.82) is 5.26 Å². The van der Waals surface area contributed by atoms with Gasteiger partial charge in [-0.3, -0.25) is 0 Å². The van der Waals surface area contributed by atoms with Crippen LogP contribution in [0, 0.1) is 11.3 Å². The highest BCUT2D eigenvalue weighted by Crippen LogP contribution is 2.18. The molecule has 0 aromatic carbocycles. The molecule has 0 atom stereocenters. The van der Waals surface area contributed by atoms with Crippen LogP contribution in [-0.2, 0) is 6.54 Å². The van der Waals surface area contributed by atoms with Crippen molar-refractivity contribution >= 4 is 11.6 Å². The van der Waals surface area contributed by atoms with Crippen LogP contribution in [0.25, 0.3) is 0 Å². The number of aromatic nitrogens is 2. The number of pyridine rings is 2. The van der Waals surface area contributed by atoms with Crippen molar-refractivity contribution in [1.82, 2.24) is 9.97 Å². The summed E-state index contributed by atoms with van der Waals surface area (Å²) in [6, 6.07) is 9.98. The predicted octanol–water partition coefficient (Wildman–Crippen LogP) is 3.47. The molecule has 2 aromatic rings. The van der Waals surface area contributed by atoms with Gasteiger partial charge in [0.05, 0.1) is 5.56 Å². The van der Waals surface area contributed by atoms with Crippen LogP contribution in [0.5, 0.6) is 0 Å². The molecule has 4 heterocycles. The van der Waals surface area contributed by atoms with Crippen LogP contribution in [-0.4, -0.2) is 36.1 Å². The van der Waals surface area contributed by atoms with E-state index in [1.54, 1.807) is 6.20 Å². The van der Waals surface area contributed by atoms with E-state index in [0.29, 0.717) is 12.1 Å². The van der Waals surface area contributed by atoms with Gasteiger partial charge in [-0.15, -0.1) is 0 Å². The van der Waals surface area contributed by atoms with Crippen molar-refractivity contribution in [3.63, 3.8) is 0 Å². The highest BCUT2D eigenvalue weighted by Gasteiger charge is 2.12. The van der Waals surface area contributed by atoms with E-state index in [1.807, 2.05) is 18.3 Å². The largest absolute Gasteiger partial charge is 0.357 e. The van der Waals surface area contributed by atoms with Crippen LogP contribution in [0.2, 0.25) is 0 Å². The standard InChI is InChI=1S/C11H17N3.C11H13N3/c2*12-8-10-4-5-11(13-9-10)14-6-2-1-3-7-14/h4-5,9H,1-3,6-8,12H2;4-5,9H,1-3,6-7H2. The van der Waals surface area contributed by atoms with Crippen LogP contribution in [0.3, 0.4) is 0 Å². The molecule has 0 bridgehead atoms. The Labute approximate surface area is 168 Å². The summed E-state index contributed by atoms with van der Waals surface area (Å²) in [5, 5.41) is 8.64.